The van der Waals surface area contributed by atoms with Crippen LogP contribution in [0.2, 0.25) is 0 Å². The Morgan fingerprint density at radius 2 is 2.00 bits per heavy atom. The maximum atomic E-state index is 12.5. The fraction of sp³-hybridized carbons (Fsp3) is 0.286. The van der Waals surface area contributed by atoms with E-state index in [0.29, 0.717) is 17.1 Å². The molecule has 2 rings (SSSR count). The average Bonchev–Trinajstić information content (AvgIpc) is 2.83. The van der Waals surface area contributed by atoms with Crippen molar-refractivity contribution < 1.29 is 14.7 Å². The highest BCUT2D eigenvalue weighted by atomic mass is 16.4. The lowest BCUT2D eigenvalue weighted by molar-refractivity contribution is -0.136. The summed E-state index contributed by atoms with van der Waals surface area (Å²) in [4.78, 5) is 23.3. The lowest BCUT2D eigenvalue weighted by Crippen LogP contribution is -2.14. The van der Waals surface area contributed by atoms with Gasteiger partial charge in [-0.3, -0.25) is 9.59 Å². The molecule has 2 aromatic rings. The molecule has 0 saturated heterocycles. The number of carboxylic acids is 1. The highest BCUT2D eigenvalue weighted by Crippen LogP contribution is 2.18. The lowest BCUT2D eigenvalue weighted by atomic mass is 10.1. The molecule has 0 aliphatic heterocycles. The highest BCUT2D eigenvalue weighted by Gasteiger charge is 2.20. The molecule has 19 heavy (non-hydrogen) atoms. The quantitative estimate of drug-likeness (QED) is 0.848. The summed E-state index contributed by atoms with van der Waals surface area (Å²) in [6.45, 7) is 1.82. The van der Waals surface area contributed by atoms with Crippen LogP contribution in [0.4, 0.5) is 0 Å². The van der Waals surface area contributed by atoms with Crippen LogP contribution >= 0.6 is 0 Å². The second-order valence-corrected chi connectivity index (χ2v) is 4.63. The third-order valence-electron chi connectivity index (χ3n) is 3.25. The first-order chi connectivity index (χ1) is 8.91. The van der Waals surface area contributed by atoms with Gasteiger partial charge in [0.1, 0.15) is 0 Å². The van der Waals surface area contributed by atoms with Gasteiger partial charge >= 0.3 is 5.97 Å². The first kappa shape index (κ1) is 13.1. The van der Waals surface area contributed by atoms with Crippen LogP contribution in [0.15, 0.2) is 24.4 Å². The minimum absolute atomic E-state index is 0.0856. The summed E-state index contributed by atoms with van der Waals surface area (Å²) < 4.78 is 3.42. The molecule has 2 aromatic heterocycles. The van der Waals surface area contributed by atoms with Crippen molar-refractivity contribution in [3.63, 3.8) is 0 Å². The van der Waals surface area contributed by atoms with Crippen molar-refractivity contribution in [1.82, 2.24) is 9.13 Å². The van der Waals surface area contributed by atoms with Gasteiger partial charge in [0.25, 0.3) is 0 Å². The number of carbonyl (C=O) groups excluding carboxylic acids is 1. The number of aromatic nitrogens is 2. The topological polar surface area (TPSA) is 64.2 Å². The number of aliphatic carboxylic acids is 1. The van der Waals surface area contributed by atoms with Crippen molar-refractivity contribution in [3.05, 3.63) is 47.0 Å². The monoisotopic (exact) mass is 260 g/mol. The van der Waals surface area contributed by atoms with Gasteiger partial charge in [0.15, 0.2) is 0 Å². The number of rotatable bonds is 4. The largest absolute Gasteiger partial charge is 0.481 e. The van der Waals surface area contributed by atoms with Crippen LogP contribution in [0, 0.1) is 6.92 Å². The minimum Gasteiger partial charge on any atom is -0.481 e. The molecule has 100 valence electrons. The van der Waals surface area contributed by atoms with Gasteiger partial charge in [0, 0.05) is 26.0 Å². The van der Waals surface area contributed by atoms with Crippen LogP contribution < -0.4 is 0 Å². The van der Waals surface area contributed by atoms with Gasteiger partial charge in [-0.25, -0.2) is 0 Å². The van der Waals surface area contributed by atoms with E-state index in [1.165, 1.54) is 0 Å². The van der Waals surface area contributed by atoms with Crippen molar-refractivity contribution >= 4 is 11.8 Å². The first-order valence-electron chi connectivity index (χ1n) is 5.95. The average molecular weight is 260 g/mol. The van der Waals surface area contributed by atoms with Crippen LogP contribution in [0.3, 0.4) is 0 Å². The standard InChI is InChI=1S/C14H16N2O3/c1-9-7-10(8-12(17)18)16(3)13(9)14(19)11-5-4-6-15(11)2/h4-7H,8H2,1-3H3,(H,17,18). The van der Waals surface area contributed by atoms with Crippen LogP contribution in [0.25, 0.3) is 0 Å². The Labute approximate surface area is 111 Å². The lowest BCUT2D eigenvalue weighted by Gasteiger charge is -2.07. The van der Waals surface area contributed by atoms with E-state index in [2.05, 4.69) is 0 Å². The molecule has 0 unspecified atom stereocenters. The molecule has 1 N–H and O–H groups in total. The maximum absolute atomic E-state index is 12.5. The maximum Gasteiger partial charge on any atom is 0.309 e. The molecule has 0 amide bonds. The molecule has 5 nitrogen and oxygen atoms in total. The molecule has 2 heterocycles. The summed E-state index contributed by atoms with van der Waals surface area (Å²) in [5.41, 5.74) is 2.55. The second kappa shape index (κ2) is 4.76. The van der Waals surface area contributed by atoms with E-state index in [-0.39, 0.29) is 12.2 Å². The van der Waals surface area contributed by atoms with Crippen molar-refractivity contribution in [2.75, 3.05) is 0 Å². The van der Waals surface area contributed by atoms with Crippen molar-refractivity contribution in [2.45, 2.75) is 13.3 Å². The van der Waals surface area contributed by atoms with Crippen LogP contribution in [0.1, 0.15) is 27.4 Å². The van der Waals surface area contributed by atoms with E-state index in [1.54, 1.807) is 28.3 Å². The molecular weight excluding hydrogens is 244 g/mol. The molecule has 0 saturated carbocycles. The smallest absolute Gasteiger partial charge is 0.309 e. The van der Waals surface area contributed by atoms with E-state index in [1.807, 2.05) is 26.2 Å². The third-order valence-corrected chi connectivity index (χ3v) is 3.25. The number of hydrogen-bond donors (Lipinski definition) is 1. The van der Waals surface area contributed by atoms with Gasteiger partial charge in [-0.2, -0.15) is 0 Å². The molecule has 0 radical (unpaired) electrons. The van der Waals surface area contributed by atoms with Gasteiger partial charge in [-0.15, -0.1) is 0 Å². The predicted octanol–water partition coefficient (Wildman–Crippen LogP) is 1.53. The number of aryl methyl sites for hydroxylation is 2. The van der Waals surface area contributed by atoms with Crippen LogP contribution in [-0.4, -0.2) is 26.0 Å². The highest BCUT2D eigenvalue weighted by molar-refractivity contribution is 6.08. The molecule has 0 bridgehead atoms. The number of ketones is 1. The Morgan fingerprint density at radius 3 is 2.53 bits per heavy atom. The van der Waals surface area contributed by atoms with Gasteiger partial charge in [-0.1, -0.05) is 0 Å². The Hall–Kier alpha value is -2.30. The van der Waals surface area contributed by atoms with Crippen molar-refractivity contribution in [3.8, 4) is 0 Å². The molecule has 0 fully saturated rings. The second-order valence-electron chi connectivity index (χ2n) is 4.63. The zero-order chi connectivity index (χ0) is 14.2. The number of hydrogen-bond acceptors (Lipinski definition) is 2. The third kappa shape index (κ3) is 2.31. The van der Waals surface area contributed by atoms with Crippen molar-refractivity contribution in [1.29, 1.82) is 0 Å². The van der Waals surface area contributed by atoms with E-state index >= 15 is 0 Å². The zero-order valence-corrected chi connectivity index (χ0v) is 11.2. The summed E-state index contributed by atoms with van der Waals surface area (Å²) in [6.07, 6.45) is 1.72. The molecule has 0 aliphatic rings. The Morgan fingerprint density at radius 1 is 1.32 bits per heavy atom. The Balaban J connectivity index is 2.46. The van der Waals surface area contributed by atoms with Crippen molar-refractivity contribution in [2.24, 2.45) is 14.1 Å². The zero-order valence-electron chi connectivity index (χ0n) is 11.2. The SMILES string of the molecule is Cc1cc(CC(=O)O)n(C)c1C(=O)c1cccn1C. The van der Waals surface area contributed by atoms with Crippen LogP contribution in [0.5, 0.6) is 0 Å². The first-order valence-corrected chi connectivity index (χ1v) is 5.95. The van der Waals surface area contributed by atoms with Gasteiger partial charge in [0.05, 0.1) is 17.8 Å². The van der Waals surface area contributed by atoms with Gasteiger partial charge in [0.2, 0.25) is 5.78 Å². The fourth-order valence-electron chi connectivity index (χ4n) is 2.30. The normalized spacial score (nSPS) is 10.7. The summed E-state index contributed by atoms with van der Waals surface area (Å²) in [5.74, 6) is -0.998. The van der Waals surface area contributed by atoms with E-state index in [4.69, 9.17) is 5.11 Å². The summed E-state index contributed by atoms with van der Waals surface area (Å²) in [5, 5.41) is 8.86. The molecule has 0 aliphatic carbocycles. The van der Waals surface area contributed by atoms with E-state index in [0.717, 1.165) is 5.56 Å². The minimum atomic E-state index is -0.904. The molecular formula is C14H16N2O3. The summed E-state index contributed by atoms with van der Waals surface area (Å²) in [7, 11) is 3.53. The molecule has 0 spiro atoms. The van der Waals surface area contributed by atoms with Gasteiger partial charge < -0.3 is 14.2 Å². The summed E-state index contributed by atoms with van der Waals surface area (Å²) >= 11 is 0. The Kier molecular flexibility index (Phi) is 3.29. The Bertz CT molecular complexity index is 650. The fourth-order valence-corrected chi connectivity index (χ4v) is 2.30. The summed E-state index contributed by atoms with van der Waals surface area (Å²) in [6, 6.07) is 5.32. The number of carboxylic acid groups (broad SMARTS) is 1. The van der Waals surface area contributed by atoms with E-state index < -0.39 is 5.97 Å². The van der Waals surface area contributed by atoms with Crippen LogP contribution in [-0.2, 0) is 25.3 Å². The van der Waals surface area contributed by atoms with Gasteiger partial charge in [-0.05, 0) is 30.7 Å². The predicted molar refractivity (Wildman–Crippen MR) is 70.3 cm³/mol. The van der Waals surface area contributed by atoms with E-state index in [9.17, 15) is 9.59 Å². The molecule has 5 heteroatoms. The number of nitrogens with zero attached hydrogens (tertiary/aromatic N) is 2. The molecule has 0 atom stereocenters. The molecule has 0 aromatic carbocycles. The number of carbonyl (C=O) groups is 2.